The Hall–Kier alpha value is -3.03. The van der Waals surface area contributed by atoms with Crippen molar-refractivity contribution >= 4 is 19.8 Å². The molecule has 2 amide bonds. The summed E-state index contributed by atoms with van der Waals surface area (Å²) in [6.07, 6.45) is 4.70. The van der Waals surface area contributed by atoms with E-state index in [1.54, 1.807) is 30.3 Å². The van der Waals surface area contributed by atoms with Gasteiger partial charge >= 0.3 is 13.9 Å². The van der Waals surface area contributed by atoms with Crippen LogP contribution in [0.25, 0.3) is 0 Å². The number of primary amides is 1. The van der Waals surface area contributed by atoms with Gasteiger partial charge in [-0.2, -0.15) is 0 Å². The first kappa shape index (κ1) is 23.6. The first-order valence-electron chi connectivity index (χ1n) is 10.4. The molecule has 0 aromatic heterocycles. The third-order valence-electron chi connectivity index (χ3n) is 5.11. The molecule has 2 aromatic carbocycles. The molecule has 0 heterocycles. The van der Waals surface area contributed by atoms with Gasteiger partial charge < -0.3 is 24.8 Å². The summed E-state index contributed by atoms with van der Waals surface area (Å²) in [6, 6.07) is 12.6. The Morgan fingerprint density at radius 1 is 1.09 bits per heavy atom. The van der Waals surface area contributed by atoms with E-state index in [0.717, 1.165) is 12.8 Å². The van der Waals surface area contributed by atoms with Crippen LogP contribution in [0.2, 0.25) is 0 Å². The van der Waals surface area contributed by atoms with Crippen molar-refractivity contribution in [2.75, 3.05) is 6.61 Å². The van der Waals surface area contributed by atoms with E-state index < -0.39 is 19.8 Å². The second-order valence-corrected chi connectivity index (χ2v) is 8.92. The first-order chi connectivity index (χ1) is 15.3. The molecule has 2 aromatic rings. The van der Waals surface area contributed by atoms with E-state index in [2.05, 4.69) is 9.84 Å². The zero-order valence-electron chi connectivity index (χ0n) is 17.6. The van der Waals surface area contributed by atoms with Gasteiger partial charge in [0.2, 0.25) is 0 Å². The van der Waals surface area contributed by atoms with E-state index >= 15 is 0 Å². The van der Waals surface area contributed by atoms with Crippen LogP contribution in [0, 0.1) is 5.92 Å². The van der Waals surface area contributed by atoms with E-state index in [1.807, 2.05) is 0 Å². The summed E-state index contributed by atoms with van der Waals surface area (Å²) >= 11 is 0. The summed E-state index contributed by atoms with van der Waals surface area (Å²) in [4.78, 5) is 33.5. The topological polar surface area (TPSA) is 137 Å². The minimum absolute atomic E-state index is 0.0621. The maximum Gasteiger partial charge on any atom is 0.588 e. The highest BCUT2D eigenvalue weighted by Crippen LogP contribution is 2.43. The van der Waals surface area contributed by atoms with Gasteiger partial charge in [0.05, 0.1) is 12.2 Å². The molecule has 0 spiro atoms. The van der Waals surface area contributed by atoms with E-state index in [0.29, 0.717) is 23.8 Å². The normalized spacial score (nSPS) is 15.9. The quantitative estimate of drug-likeness (QED) is 0.476. The molecule has 0 aliphatic heterocycles. The second-order valence-electron chi connectivity index (χ2n) is 7.61. The molecule has 1 unspecified atom stereocenters. The van der Waals surface area contributed by atoms with Gasteiger partial charge in [0.1, 0.15) is 11.5 Å². The van der Waals surface area contributed by atoms with Crippen molar-refractivity contribution in [1.29, 1.82) is 0 Å². The van der Waals surface area contributed by atoms with Crippen molar-refractivity contribution in [3.8, 4) is 11.5 Å². The minimum atomic E-state index is -4.65. The Kier molecular flexibility index (Phi) is 8.14. The summed E-state index contributed by atoms with van der Waals surface area (Å²) in [5, 5.41) is 2.34. The van der Waals surface area contributed by atoms with Crippen LogP contribution < -0.4 is 20.3 Å². The molecule has 32 heavy (non-hydrogen) atoms. The van der Waals surface area contributed by atoms with Crippen LogP contribution in [0.1, 0.15) is 48.0 Å². The fourth-order valence-corrected chi connectivity index (χ4v) is 4.21. The standard InChI is InChI=1S/C22H27N2O7P/c23-21(25)19-13-17(11-12-20(19)29-15-16-7-3-1-4-8-16)14-24-22(26)31-32(27,28)30-18-9-5-2-6-10-18/h2,5-6,9-13,16H,1,3-4,7-8,14-15H2,(H2,23,25)(H,24,26)(H,27,28). The number of rotatable bonds is 9. The van der Waals surface area contributed by atoms with Crippen LogP contribution in [-0.2, 0) is 15.6 Å². The van der Waals surface area contributed by atoms with Crippen molar-refractivity contribution in [2.24, 2.45) is 11.7 Å². The summed E-state index contributed by atoms with van der Waals surface area (Å²) in [6.45, 7) is 0.463. The number of carbonyl (C=O) groups excluding carboxylic acids is 2. The molecule has 3 rings (SSSR count). The molecular weight excluding hydrogens is 435 g/mol. The predicted octanol–water partition coefficient (Wildman–Crippen LogP) is 4.15. The first-order valence-corrected chi connectivity index (χ1v) is 11.9. The van der Waals surface area contributed by atoms with Crippen LogP contribution >= 0.6 is 7.82 Å². The van der Waals surface area contributed by atoms with Gasteiger partial charge in [0.15, 0.2) is 0 Å². The Balaban J connectivity index is 1.54. The number of nitrogens with one attached hydrogen (secondary N) is 1. The molecule has 0 radical (unpaired) electrons. The van der Waals surface area contributed by atoms with Gasteiger partial charge in [-0.3, -0.25) is 9.69 Å². The van der Waals surface area contributed by atoms with Crippen LogP contribution in [0.15, 0.2) is 48.5 Å². The predicted molar refractivity (Wildman–Crippen MR) is 117 cm³/mol. The van der Waals surface area contributed by atoms with Crippen LogP contribution in [0.4, 0.5) is 4.79 Å². The van der Waals surface area contributed by atoms with Crippen LogP contribution in [0.5, 0.6) is 11.5 Å². The van der Waals surface area contributed by atoms with Gasteiger partial charge in [0, 0.05) is 6.54 Å². The van der Waals surface area contributed by atoms with Crippen molar-refractivity contribution in [2.45, 2.75) is 38.6 Å². The third-order valence-corrected chi connectivity index (χ3v) is 5.95. The smallest absolute Gasteiger partial charge is 0.492 e. The van der Waals surface area contributed by atoms with E-state index in [1.165, 1.54) is 37.5 Å². The molecular formula is C22H27N2O7P. The highest BCUT2D eigenvalue weighted by atomic mass is 31.2. The van der Waals surface area contributed by atoms with Crippen LogP contribution in [0.3, 0.4) is 0 Å². The zero-order valence-corrected chi connectivity index (χ0v) is 18.5. The number of phosphoric ester groups is 1. The van der Waals surface area contributed by atoms with Crippen molar-refractivity contribution in [3.63, 3.8) is 0 Å². The lowest BCUT2D eigenvalue weighted by atomic mass is 9.90. The molecule has 1 aliphatic rings. The maximum atomic E-state index is 12.0. The third kappa shape index (κ3) is 7.28. The lowest BCUT2D eigenvalue weighted by Crippen LogP contribution is -2.24. The fourth-order valence-electron chi connectivity index (χ4n) is 3.51. The summed E-state index contributed by atoms with van der Waals surface area (Å²) in [5.41, 5.74) is 6.23. The molecule has 1 fully saturated rings. The number of phosphoric acid groups is 1. The number of ether oxygens (including phenoxy) is 1. The average molecular weight is 462 g/mol. The van der Waals surface area contributed by atoms with Gasteiger partial charge in [-0.05, 0) is 48.6 Å². The lowest BCUT2D eigenvalue weighted by molar-refractivity contribution is 0.0994. The molecule has 0 saturated heterocycles. The highest BCUT2D eigenvalue weighted by molar-refractivity contribution is 7.48. The number of carbonyl (C=O) groups is 2. The molecule has 1 atom stereocenters. The average Bonchev–Trinajstić information content (AvgIpc) is 2.77. The molecule has 1 aliphatic carbocycles. The minimum Gasteiger partial charge on any atom is -0.492 e. The number of benzene rings is 2. The Labute approximate surface area is 186 Å². The van der Waals surface area contributed by atoms with Crippen molar-refractivity contribution < 1.29 is 32.8 Å². The number of amides is 2. The zero-order chi connectivity index (χ0) is 23.0. The molecule has 172 valence electrons. The van der Waals surface area contributed by atoms with E-state index in [-0.39, 0.29) is 17.9 Å². The van der Waals surface area contributed by atoms with Gasteiger partial charge in [-0.25, -0.2) is 9.36 Å². The number of para-hydroxylation sites is 1. The highest BCUT2D eigenvalue weighted by Gasteiger charge is 2.28. The monoisotopic (exact) mass is 462 g/mol. The lowest BCUT2D eigenvalue weighted by Gasteiger charge is -2.22. The molecule has 4 N–H and O–H groups in total. The summed E-state index contributed by atoms with van der Waals surface area (Å²) in [5.74, 6) is 0.295. The Morgan fingerprint density at radius 3 is 2.50 bits per heavy atom. The Bertz CT molecular complexity index is 977. The SMILES string of the molecule is NC(=O)c1cc(CNC(=O)OP(=O)(O)Oc2ccccc2)ccc1OCC1CCCCC1. The van der Waals surface area contributed by atoms with Crippen molar-refractivity contribution in [1.82, 2.24) is 5.32 Å². The molecule has 0 bridgehead atoms. The summed E-state index contributed by atoms with van der Waals surface area (Å²) < 4.78 is 27.1. The number of nitrogens with two attached hydrogens (primary N) is 1. The summed E-state index contributed by atoms with van der Waals surface area (Å²) in [7, 11) is -4.65. The van der Waals surface area contributed by atoms with E-state index in [9.17, 15) is 19.0 Å². The number of hydrogen-bond donors (Lipinski definition) is 3. The van der Waals surface area contributed by atoms with Gasteiger partial charge in [-0.15, -0.1) is 0 Å². The molecule has 1 saturated carbocycles. The fraction of sp³-hybridized carbons (Fsp3) is 0.364. The van der Waals surface area contributed by atoms with Crippen molar-refractivity contribution in [3.05, 3.63) is 59.7 Å². The largest absolute Gasteiger partial charge is 0.588 e. The molecule has 9 nitrogen and oxygen atoms in total. The maximum absolute atomic E-state index is 12.0. The molecule has 10 heteroatoms. The second kappa shape index (κ2) is 11.0. The van der Waals surface area contributed by atoms with Gasteiger partial charge in [-0.1, -0.05) is 43.5 Å². The van der Waals surface area contributed by atoms with Crippen LogP contribution in [-0.4, -0.2) is 23.5 Å². The number of hydrogen-bond acceptors (Lipinski definition) is 6. The Morgan fingerprint density at radius 2 is 1.81 bits per heavy atom. The van der Waals surface area contributed by atoms with E-state index in [4.69, 9.17) is 15.0 Å². The van der Waals surface area contributed by atoms with Gasteiger partial charge in [0.25, 0.3) is 5.91 Å².